The number of nitriles is 1. The lowest BCUT2D eigenvalue weighted by molar-refractivity contribution is 0.108. The molecule has 124 valence electrons. The molecular weight excluding hydrogens is 300 g/mol. The van der Waals surface area contributed by atoms with Crippen molar-refractivity contribution in [1.29, 1.82) is 5.26 Å². The largest absolute Gasteiger partial charge is 0.381 e. The van der Waals surface area contributed by atoms with Crippen molar-refractivity contribution < 1.29 is 4.74 Å². The first-order chi connectivity index (χ1) is 11.8. The van der Waals surface area contributed by atoms with E-state index in [1.165, 1.54) is 11.3 Å². The summed E-state index contributed by atoms with van der Waals surface area (Å²) in [5.74, 6) is 1.36. The summed E-state index contributed by atoms with van der Waals surface area (Å²) >= 11 is 0. The molecule has 24 heavy (non-hydrogen) atoms. The van der Waals surface area contributed by atoms with Gasteiger partial charge in [0.1, 0.15) is 0 Å². The van der Waals surface area contributed by atoms with E-state index in [2.05, 4.69) is 45.8 Å². The maximum atomic E-state index is 9.26. The van der Waals surface area contributed by atoms with Crippen LogP contribution >= 0.6 is 0 Å². The summed E-state index contributed by atoms with van der Waals surface area (Å²) in [6, 6.07) is 10.8. The summed E-state index contributed by atoms with van der Waals surface area (Å²) in [6.07, 6.45) is 5.62. The molecule has 1 saturated carbocycles. The zero-order valence-electron chi connectivity index (χ0n) is 13.9. The highest BCUT2D eigenvalue weighted by Crippen LogP contribution is 2.37. The van der Waals surface area contributed by atoms with E-state index in [0.29, 0.717) is 12.0 Å². The van der Waals surface area contributed by atoms with Crippen LogP contribution in [0.1, 0.15) is 54.3 Å². The summed E-state index contributed by atoms with van der Waals surface area (Å²) < 4.78 is 5.45. The summed E-state index contributed by atoms with van der Waals surface area (Å²) in [5.41, 5.74) is 4.63. The number of hydrogen-bond acceptors (Lipinski definition) is 4. The Bertz CT molecular complexity index is 776. The molecule has 0 radical (unpaired) electrons. The quantitative estimate of drug-likeness (QED) is 0.892. The monoisotopic (exact) mass is 322 g/mol. The number of benzene rings is 1. The van der Waals surface area contributed by atoms with E-state index >= 15 is 0 Å². The van der Waals surface area contributed by atoms with E-state index in [1.807, 2.05) is 0 Å². The molecule has 4 rings (SSSR count). The molecule has 5 heteroatoms. The second-order valence-corrected chi connectivity index (χ2v) is 6.84. The maximum Gasteiger partial charge on any atom is 0.152 e. The van der Waals surface area contributed by atoms with Crippen molar-refractivity contribution in [1.82, 2.24) is 10.2 Å². The van der Waals surface area contributed by atoms with E-state index in [9.17, 15) is 5.26 Å². The molecule has 3 unspecified atom stereocenters. The van der Waals surface area contributed by atoms with Gasteiger partial charge in [0.25, 0.3) is 0 Å². The van der Waals surface area contributed by atoms with Crippen molar-refractivity contribution in [3.63, 3.8) is 0 Å². The predicted octanol–water partition coefficient (Wildman–Crippen LogP) is 3.99. The van der Waals surface area contributed by atoms with E-state index in [1.54, 1.807) is 7.11 Å². The van der Waals surface area contributed by atoms with Crippen molar-refractivity contribution >= 4 is 11.5 Å². The summed E-state index contributed by atoms with van der Waals surface area (Å²) in [6.45, 7) is 0. The van der Waals surface area contributed by atoms with Crippen molar-refractivity contribution in [2.45, 2.75) is 50.0 Å². The minimum absolute atomic E-state index is 0.0287. The lowest BCUT2D eigenvalue weighted by atomic mass is 10.0. The Hall–Kier alpha value is -2.32. The minimum Gasteiger partial charge on any atom is -0.381 e. The van der Waals surface area contributed by atoms with Gasteiger partial charge >= 0.3 is 0 Å². The first kappa shape index (κ1) is 15.2. The first-order valence-electron chi connectivity index (χ1n) is 8.64. The number of aromatic amines is 1. The van der Waals surface area contributed by atoms with Crippen molar-refractivity contribution in [2.24, 2.45) is 0 Å². The molecule has 1 heterocycles. The maximum absolute atomic E-state index is 9.26. The number of aromatic nitrogens is 2. The van der Waals surface area contributed by atoms with Crippen LogP contribution in [0.4, 0.5) is 11.5 Å². The van der Waals surface area contributed by atoms with E-state index in [4.69, 9.17) is 4.74 Å². The van der Waals surface area contributed by atoms with Crippen molar-refractivity contribution in [3.05, 3.63) is 41.1 Å². The molecule has 1 aromatic carbocycles. The smallest absolute Gasteiger partial charge is 0.152 e. The van der Waals surface area contributed by atoms with Crippen molar-refractivity contribution in [3.8, 4) is 6.07 Å². The average Bonchev–Trinajstić information content (AvgIpc) is 3.33. The van der Waals surface area contributed by atoms with Crippen LogP contribution in [0.5, 0.6) is 0 Å². The number of H-pyrrole nitrogens is 1. The van der Waals surface area contributed by atoms with Crippen LogP contribution in [0.3, 0.4) is 0 Å². The first-order valence-corrected chi connectivity index (χ1v) is 8.64. The number of fused-ring (bicyclic) bond motifs is 1. The average molecular weight is 322 g/mol. The highest BCUT2D eigenvalue weighted by Gasteiger charge is 2.27. The predicted molar refractivity (Wildman–Crippen MR) is 92.4 cm³/mol. The Labute approximate surface area is 142 Å². The van der Waals surface area contributed by atoms with Gasteiger partial charge in [-0.15, -0.1) is 0 Å². The molecule has 0 amide bonds. The molecule has 0 bridgehead atoms. The van der Waals surface area contributed by atoms with Crippen LogP contribution in [-0.4, -0.2) is 23.4 Å². The van der Waals surface area contributed by atoms with Crippen molar-refractivity contribution in [2.75, 3.05) is 12.4 Å². The Morgan fingerprint density at radius 2 is 2.21 bits per heavy atom. The van der Waals surface area contributed by atoms with Gasteiger partial charge in [0.05, 0.1) is 18.1 Å². The number of nitrogens with one attached hydrogen (secondary N) is 2. The number of ether oxygens (including phenoxy) is 1. The van der Waals surface area contributed by atoms with Crippen LogP contribution in [0.15, 0.2) is 24.3 Å². The summed E-state index contributed by atoms with van der Waals surface area (Å²) in [7, 11) is 1.79. The third-order valence-electron chi connectivity index (χ3n) is 5.41. The van der Waals surface area contributed by atoms with Gasteiger partial charge in [-0.05, 0) is 55.4 Å². The topological polar surface area (TPSA) is 73.7 Å². The van der Waals surface area contributed by atoms with Gasteiger partial charge in [0, 0.05) is 30.5 Å². The molecular formula is C19H22N4O. The Morgan fingerprint density at radius 1 is 1.29 bits per heavy atom. The molecule has 2 aromatic rings. The third kappa shape index (κ3) is 2.78. The van der Waals surface area contributed by atoms with Gasteiger partial charge < -0.3 is 10.1 Å². The van der Waals surface area contributed by atoms with E-state index in [0.717, 1.165) is 49.2 Å². The van der Waals surface area contributed by atoms with Crippen LogP contribution < -0.4 is 5.32 Å². The third-order valence-corrected chi connectivity index (χ3v) is 5.41. The fourth-order valence-corrected chi connectivity index (χ4v) is 4.01. The van der Waals surface area contributed by atoms with Gasteiger partial charge in [0.2, 0.25) is 0 Å². The minimum atomic E-state index is 0.0287. The molecule has 3 atom stereocenters. The lowest BCUT2D eigenvalue weighted by Gasteiger charge is -2.08. The molecule has 1 fully saturated rings. The van der Waals surface area contributed by atoms with E-state index in [-0.39, 0.29) is 5.92 Å². The summed E-state index contributed by atoms with van der Waals surface area (Å²) in [5, 5.41) is 20.2. The zero-order valence-corrected chi connectivity index (χ0v) is 13.9. The highest BCUT2D eigenvalue weighted by atomic mass is 16.5. The van der Waals surface area contributed by atoms with Gasteiger partial charge in [-0.3, -0.25) is 5.10 Å². The Balaban J connectivity index is 1.48. The zero-order chi connectivity index (χ0) is 16.5. The molecule has 1 aromatic heterocycles. The van der Waals surface area contributed by atoms with Gasteiger partial charge in [-0.25, -0.2) is 0 Å². The van der Waals surface area contributed by atoms with Gasteiger partial charge in [0.15, 0.2) is 5.82 Å². The molecule has 5 nitrogen and oxygen atoms in total. The number of hydrogen-bond donors (Lipinski definition) is 2. The molecule has 2 aliphatic rings. The summed E-state index contributed by atoms with van der Waals surface area (Å²) in [4.78, 5) is 0. The standard InChI is InChI=1S/C19H22N4O/c1-24-16-7-5-13(8-16)18-10-19(23-22-18)21-15-6-4-12-2-3-14(11-20)17(12)9-15/h4,6,9-10,13-14,16H,2-3,5,7-8H2,1H3,(H2,21,22,23). The van der Waals surface area contributed by atoms with Gasteiger partial charge in [-0.2, -0.15) is 10.4 Å². The Morgan fingerprint density at radius 3 is 3.00 bits per heavy atom. The van der Waals surface area contributed by atoms with Crippen LogP contribution in [0.2, 0.25) is 0 Å². The fraction of sp³-hybridized carbons (Fsp3) is 0.474. The van der Waals surface area contributed by atoms with Gasteiger partial charge in [-0.1, -0.05) is 6.07 Å². The number of nitrogens with zero attached hydrogens (tertiary/aromatic N) is 2. The number of methoxy groups -OCH3 is 1. The molecule has 2 N–H and O–H groups in total. The second kappa shape index (κ2) is 6.29. The number of anilines is 2. The lowest BCUT2D eigenvalue weighted by Crippen LogP contribution is -2.04. The highest BCUT2D eigenvalue weighted by molar-refractivity contribution is 5.60. The molecule has 2 aliphatic carbocycles. The molecule has 0 spiro atoms. The van der Waals surface area contributed by atoms with E-state index < -0.39 is 0 Å². The van der Waals surface area contributed by atoms with Crippen LogP contribution in [0, 0.1) is 11.3 Å². The number of rotatable bonds is 4. The number of aryl methyl sites for hydroxylation is 1. The SMILES string of the molecule is COC1CCC(c2cc(Nc3ccc4c(c3)C(C#N)CC4)n[nH]2)C1. The fourth-order valence-electron chi connectivity index (χ4n) is 4.01. The van der Waals surface area contributed by atoms with Crippen LogP contribution in [0.25, 0.3) is 0 Å². The second-order valence-electron chi connectivity index (χ2n) is 6.84. The molecule has 0 saturated heterocycles. The normalized spacial score (nSPS) is 25.4. The molecule has 0 aliphatic heterocycles. The Kier molecular flexibility index (Phi) is 3.99. The van der Waals surface area contributed by atoms with Crippen LogP contribution in [-0.2, 0) is 11.2 Å².